The molecule has 0 radical (unpaired) electrons. The van der Waals surface area contributed by atoms with Crippen molar-refractivity contribution < 1.29 is 9.53 Å². The van der Waals surface area contributed by atoms with Crippen LogP contribution < -0.4 is 0 Å². The molecule has 2 nitrogen and oxygen atoms in total. The molecule has 1 aliphatic rings. The fraction of sp³-hybridized carbons (Fsp3) is 0.611. The Morgan fingerprint density at radius 3 is 2.10 bits per heavy atom. The Kier molecular flexibility index (Phi) is 3.58. The lowest BCUT2D eigenvalue weighted by molar-refractivity contribution is -0.105. The first-order chi connectivity index (χ1) is 9.04. The molecule has 20 heavy (non-hydrogen) atoms. The minimum atomic E-state index is -0.334. The van der Waals surface area contributed by atoms with Crippen molar-refractivity contribution in [2.45, 2.75) is 66.1 Å². The molecule has 0 atom stereocenters. The zero-order valence-corrected chi connectivity index (χ0v) is 13.8. The van der Waals surface area contributed by atoms with Crippen LogP contribution in [0, 0.1) is 12.8 Å². The van der Waals surface area contributed by atoms with Gasteiger partial charge in [-0.15, -0.1) is 0 Å². The van der Waals surface area contributed by atoms with E-state index in [1.807, 2.05) is 6.92 Å². The molecular formula is C18H26O2. The highest BCUT2D eigenvalue weighted by atomic mass is 16.5. The second-order valence-electron chi connectivity index (χ2n) is 7.36. The van der Waals surface area contributed by atoms with Crippen molar-refractivity contribution in [3.05, 3.63) is 34.4 Å². The second kappa shape index (κ2) is 4.70. The molecule has 0 aliphatic carbocycles. The van der Waals surface area contributed by atoms with E-state index in [-0.39, 0.29) is 17.0 Å². The summed E-state index contributed by atoms with van der Waals surface area (Å²) in [5, 5.41) is 0. The van der Waals surface area contributed by atoms with E-state index in [1.165, 1.54) is 5.56 Å². The molecule has 0 N–H and O–H groups in total. The van der Waals surface area contributed by atoms with E-state index in [2.05, 4.69) is 53.7 Å². The molecule has 0 aromatic heterocycles. The van der Waals surface area contributed by atoms with Crippen LogP contribution in [-0.4, -0.2) is 5.78 Å². The molecule has 0 spiro atoms. The Morgan fingerprint density at radius 2 is 1.60 bits per heavy atom. The van der Waals surface area contributed by atoms with Crippen LogP contribution in [-0.2, 0) is 15.9 Å². The number of aryl methyl sites for hydroxylation is 1. The van der Waals surface area contributed by atoms with Crippen LogP contribution in [0.4, 0.5) is 0 Å². The molecule has 1 aromatic rings. The third kappa shape index (κ3) is 2.54. The second-order valence-corrected chi connectivity index (χ2v) is 7.36. The lowest BCUT2D eigenvalue weighted by Gasteiger charge is -2.24. The average molecular weight is 274 g/mol. The molecule has 0 saturated heterocycles. The largest absolute Gasteiger partial charge is 0.360 e. The zero-order chi connectivity index (χ0) is 15.3. The Bertz CT molecular complexity index is 551. The molecule has 0 saturated carbocycles. The number of ether oxygens (including phenoxy) is 1. The quantitative estimate of drug-likeness (QED) is 0.745. The van der Waals surface area contributed by atoms with Crippen LogP contribution in [0.3, 0.4) is 0 Å². The summed E-state index contributed by atoms with van der Waals surface area (Å²) in [6.07, 6.45) is 0.601. The van der Waals surface area contributed by atoms with Crippen molar-refractivity contribution in [1.82, 2.24) is 0 Å². The summed E-state index contributed by atoms with van der Waals surface area (Å²) in [5.41, 5.74) is 3.65. The topological polar surface area (TPSA) is 26.3 Å². The monoisotopic (exact) mass is 274 g/mol. The predicted octanol–water partition coefficient (Wildman–Crippen LogP) is 4.72. The summed E-state index contributed by atoms with van der Waals surface area (Å²) >= 11 is 0. The van der Waals surface area contributed by atoms with Crippen LogP contribution in [0.2, 0.25) is 0 Å². The summed E-state index contributed by atoms with van der Waals surface area (Å²) in [7, 11) is 0. The molecule has 1 heterocycles. The van der Waals surface area contributed by atoms with Gasteiger partial charge in [0.05, 0.1) is 11.2 Å². The SMILES string of the molecule is Cc1cc2c(cc1C(=O)CC(C)C)C(C)(C)OC2(C)C. The van der Waals surface area contributed by atoms with E-state index < -0.39 is 0 Å². The lowest BCUT2D eigenvalue weighted by atomic mass is 9.85. The van der Waals surface area contributed by atoms with Gasteiger partial charge in [0, 0.05) is 12.0 Å². The van der Waals surface area contributed by atoms with Crippen LogP contribution in [0.25, 0.3) is 0 Å². The molecule has 2 heteroatoms. The van der Waals surface area contributed by atoms with Gasteiger partial charge in [0.15, 0.2) is 5.78 Å². The number of fused-ring (bicyclic) bond motifs is 1. The van der Waals surface area contributed by atoms with Gasteiger partial charge in [-0.2, -0.15) is 0 Å². The van der Waals surface area contributed by atoms with E-state index in [1.54, 1.807) is 0 Å². The van der Waals surface area contributed by atoms with Crippen molar-refractivity contribution in [1.29, 1.82) is 0 Å². The van der Waals surface area contributed by atoms with Gasteiger partial charge in [-0.3, -0.25) is 4.79 Å². The number of benzene rings is 1. The molecule has 0 bridgehead atoms. The number of ketones is 1. The maximum absolute atomic E-state index is 12.4. The van der Waals surface area contributed by atoms with Gasteiger partial charge in [0.1, 0.15) is 0 Å². The minimum Gasteiger partial charge on any atom is -0.360 e. The summed E-state index contributed by atoms with van der Waals surface area (Å²) in [6.45, 7) is 14.5. The predicted molar refractivity (Wildman–Crippen MR) is 82.1 cm³/mol. The van der Waals surface area contributed by atoms with E-state index >= 15 is 0 Å². The Balaban J connectivity index is 2.53. The van der Waals surface area contributed by atoms with Crippen molar-refractivity contribution in [3.8, 4) is 0 Å². The van der Waals surface area contributed by atoms with Crippen molar-refractivity contribution in [2.75, 3.05) is 0 Å². The summed E-state index contributed by atoms with van der Waals surface area (Å²) in [4.78, 5) is 12.4. The van der Waals surface area contributed by atoms with Gasteiger partial charge >= 0.3 is 0 Å². The highest BCUT2D eigenvalue weighted by molar-refractivity contribution is 5.98. The first kappa shape index (κ1) is 15.2. The summed E-state index contributed by atoms with van der Waals surface area (Å²) < 4.78 is 6.17. The molecular weight excluding hydrogens is 248 g/mol. The van der Waals surface area contributed by atoms with Crippen LogP contribution >= 0.6 is 0 Å². The third-order valence-electron chi connectivity index (χ3n) is 4.07. The summed E-state index contributed by atoms with van der Waals surface area (Å²) in [5.74, 6) is 0.622. The van der Waals surface area contributed by atoms with Gasteiger partial charge in [-0.1, -0.05) is 19.9 Å². The van der Waals surface area contributed by atoms with Crippen LogP contribution in [0.1, 0.15) is 75.0 Å². The molecule has 0 fully saturated rings. The lowest BCUT2D eigenvalue weighted by Crippen LogP contribution is -2.22. The molecule has 0 unspecified atom stereocenters. The highest BCUT2D eigenvalue weighted by Gasteiger charge is 2.43. The molecule has 1 aliphatic heterocycles. The van der Waals surface area contributed by atoms with Crippen molar-refractivity contribution in [2.24, 2.45) is 5.92 Å². The van der Waals surface area contributed by atoms with Gasteiger partial charge in [-0.05, 0) is 63.3 Å². The molecule has 110 valence electrons. The first-order valence-electron chi connectivity index (χ1n) is 7.43. The van der Waals surface area contributed by atoms with E-state index in [4.69, 9.17) is 4.74 Å². The molecule has 1 aromatic carbocycles. The molecule has 2 rings (SSSR count). The highest BCUT2D eigenvalue weighted by Crippen LogP contribution is 2.47. The fourth-order valence-electron chi connectivity index (χ4n) is 3.23. The standard InChI is InChI=1S/C18H26O2/c1-11(2)8-16(19)13-10-15-14(9-12(13)3)17(4,5)20-18(15,6)7/h9-11H,8H2,1-7H3. The van der Waals surface area contributed by atoms with Crippen LogP contribution in [0.15, 0.2) is 12.1 Å². The maximum Gasteiger partial charge on any atom is 0.163 e. The first-order valence-corrected chi connectivity index (χ1v) is 7.43. The number of carbonyl (C=O) groups is 1. The number of hydrogen-bond donors (Lipinski definition) is 0. The van der Waals surface area contributed by atoms with Gasteiger partial charge in [-0.25, -0.2) is 0 Å². The minimum absolute atomic E-state index is 0.237. The number of rotatable bonds is 3. The van der Waals surface area contributed by atoms with Gasteiger partial charge < -0.3 is 4.74 Å². The van der Waals surface area contributed by atoms with E-state index in [0.717, 1.165) is 16.7 Å². The van der Waals surface area contributed by atoms with Crippen LogP contribution in [0.5, 0.6) is 0 Å². The average Bonchev–Trinajstić information content (AvgIpc) is 2.42. The Morgan fingerprint density at radius 1 is 1.10 bits per heavy atom. The Hall–Kier alpha value is -1.15. The number of hydrogen-bond acceptors (Lipinski definition) is 2. The third-order valence-corrected chi connectivity index (χ3v) is 4.07. The summed E-state index contributed by atoms with van der Waals surface area (Å²) in [6, 6.07) is 4.20. The maximum atomic E-state index is 12.4. The Labute approximate surface area is 122 Å². The smallest absolute Gasteiger partial charge is 0.163 e. The number of Topliss-reactive ketones (excluding diaryl/α,β-unsaturated/α-hetero) is 1. The van der Waals surface area contributed by atoms with E-state index in [9.17, 15) is 4.79 Å². The number of carbonyl (C=O) groups excluding carboxylic acids is 1. The van der Waals surface area contributed by atoms with Gasteiger partial charge in [0.25, 0.3) is 0 Å². The van der Waals surface area contributed by atoms with E-state index in [0.29, 0.717) is 12.3 Å². The zero-order valence-electron chi connectivity index (χ0n) is 13.8. The molecule has 0 amide bonds. The van der Waals surface area contributed by atoms with Gasteiger partial charge in [0.2, 0.25) is 0 Å². The normalized spacial score (nSPS) is 19.2. The van der Waals surface area contributed by atoms with Crippen molar-refractivity contribution >= 4 is 5.78 Å². The van der Waals surface area contributed by atoms with Crippen molar-refractivity contribution in [3.63, 3.8) is 0 Å². The fourth-order valence-corrected chi connectivity index (χ4v) is 3.23.